The van der Waals surface area contributed by atoms with Gasteiger partial charge in [-0.25, -0.2) is 19.6 Å². The number of amides is 2. The van der Waals surface area contributed by atoms with Crippen LogP contribution in [0.2, 0.25) is 0 Å². The van der Waals surface area contributed by atoms with Gasteiger partial charge in [0.05, 0.1) is 31.0 Å². The number of carboxylic acids is 2. The van der Waals surface area contributed by atoms with Gasteiger partial charge < -0.3 is 30.0 Å². The van der Waals surface area contributed by atoms with Gasteiger partial charge in [-0.15, -0.1) is 5.06 Å². The van der Waals surface area contributed by atoms with Crippen molar-refractivity contribution in [3.8, 4) is 22.6 Å². The van der Waals surface area contributed by atoms with Crippen molar-refractivity contribution in [1.82, 2.24) is 25.2 Å². The molecule has 1 saturated heterocycles. The predicted octanol–water partition coefficient (Wildman–Crippen LogP) is 2.70. The lowest BCUT2D eigenvalue weighted by atomic mass is 10.1. The molecule has 0 bridgehead atoms. The van der Waals surface area contributed by atoms with Gasteiger partial charge in [0, 0.05) is 30.6 Å². The van der Waals surface area contributed by atoms with Gasteiger partial charge in [0.15, 0.2) is 5.82 Å². The van der Waals surface area contributed by atoms with Crippen molar-refractivity contribution in [1.29, 1.82) is 0 Å². The SMILES string of the molecule is CCOC(=O)ON1CCN(C(=O)[C@H](CCC(=O)O)NC(=O)c2cc(-c3cccc(C(=O)O)c3)nc(-c3ccccc3)n2)CC1. The number of carbonyl (C=O) groups excluding carboxylic acids is 3. The average molecular weight is 606 g/mol. The Morgan fingerprint density at radius 3 is 2.27 bits per heavy atom. The molecule has 2 heterocycles. The van der Waals surface area contributed by atoms with Crippen LogP contribution >= 0.6 is 0 Å². The topological polar surface area (TPSA) is 189 Å². The summed E-state index contributed by atoms with van der Waals surface area (Å²) in [4.78, 5) is 77.1. The van der Waals surface area contributed by atoms with E-state index >= 15 is 0 Å². The zero-order valence-electron chi connectivity index (χ0n) is 23.8. The molecule has 2 amide bonds. The van der Waals surface area contributed by atoms with E-state index in [1.165, 1.54) is 28.2 Å². The Hall–Kier alpha value is -5.37. The number of aliphatic carboxylic acids is 1. The molecule has 1 atom stereocenters. The summed E-state index contributed by atoms with van der Waals surface area (Å²) in [5.74, 6) is -3.32. The Kier molecular flexibility index (Phi) is 10.5. The first-order valence-electron chi connectivity index (χ1n) is 13.8. The number of aromatic carboxylic acids is 1. The maximum Gasteiger partial charge on any atom is 0.527 e. The van der Waals surface area contributed by atoms with Crippen LogP contribution in [0.5, 0.6) is 0 Å². The summed E-state index contributed by atoms with van der Waals surface area (Å²) in [6.07, 6.45) is -1.41. The molecule has 1 aliphatic heterocycles. The number of nitrogens with one attached hydrogen (secondary N) is 1. The number of hydrogen-bond donors (Lipinski definition) is 3. The summed E-state index contributed by atoms with van der Waals surface area (Å²) in [6.45, 7) is 2.49. The lowest BCUT2D eigenvalue weighted by molar-refractivity contribution is -0.157. The molecule has 1 aliphatic rings. The molecule has 3 aromatic rings. The molecule has 44 heavy (non-hydrogen) atoms. The quantitative estimate of drug-likeness (QED) is 0.272. The molecular formula is C30H31N5O9. The first-order valence-corrected chi connectivity index (χ1v) is 13.8. The fourth-order valence-corrected chi connectivity index (χ4v) is 4.47. The Morgan fingerprint density at radius 2 is 1.61 bits per heavy atom. The Balaban J connectivity index is 1.58. The predicted molar refractivity (Wildman–Crippen MR) is 154 cm³/mol. The largest absolute Gasteiger partial charge is 0.527 e. The van der Waals surface area contributed by atoms with Crippen LogP contribution < -0.4 is 5.32 Å². The summed E-state index contributed by atoms with van der Waals surface area (Å²) in [6, 6.07) is 15.1. The van der Waals surface area contributed by atoms with E-state index in [-0.39, 0.29) is 68.4 Å². The minimum atomic E-state index is -1.19. The van der Waals surface area contributed by atoms with Crippen molar-refractivity contribution in [2.45, 2.75) is 25.8 Å². The molecule has 4 rings (SSSR count). The molecule has 0 radical (unpaired) electrons. The maximum absolute atomic E-state index is 13.6. The van der Waals surface area contributed by atoms with Gasteiger partial charge >= 0.3 is 18.1 Å². The molecule has 3 N–H and O–H groups in total. The highest BCUT2D eigenvalue weighted by molar-refractivity contribution is 5.97. The number of aromatic nitrogens is 2. The Labute approximate surface area is 252 Å². The summed E-state index contributed by atoms with van der Waals surface area (Å²) in [5.41, 5.74) is 1.23. The third-order valence-electron chi connectivity index (χ3n) is 6.66. The molecular weight excluding hydrogens is 574 g/mol. The summed E-state index contributed by atoms with van der Waals surface area (Å²) >= 11 is 0. The third-order valence-corrected chi connectivity index (χ3v) is 6.66. The van der Waals surface area contributed by atoms with Crippen molar-refractivity contribution in [3.63, 3.8) is 0 Å². The van der Waals surface area contributed by atoms with Crippen LogP contribution in [0.3, 0.4) is 0 Å². The second-order valence-corrected chi connectivity index (χ2v) is 9.70. The molecule has 14 heteroatoms. The lowest BCUT2D eigenvalue weighted by Gasteiger charge is -2.35. The van der Waals surface area contributed by atoms with Crippen LogP contribution in [-0.4, -0.2) is 98.9 Å². The standard InChI is InChI=1S/C30H31N5O9/c1-2-43-30(42)44-35-15-13-34(14-16-35)28(39)22(11-12-25(36)37)33-27(38)24-18-23(20-9-6-10-21(17-20)29(40)41)31-26(32-24)19-7-4-3-5-8-19/h3-10,17-18,22H,2,11-16H2,1H3,(H,33,38)(H,36,37)(H,40,41)/t22-/m0/s1. The second kappa shape index (κ2) is 14.7. The smallest absolute Gasteiger partial charge is 0.481 e. The van der Waals surface area contributed by atoms with Gasteiger partial charge in [0.25, 0.3) is 5.91 Å². The summed E-state index contributed by atoms with van der Waals surface area (Å²) < 4.78 is 4.76. The molecule has 2 aromatic carbocycles. The Bertz CT molecular complexity index is 1520. The number of hydroxylamine groups is 2. The number of benzene rings is 2. The minimum Gasteiger partial charge on any atom is -0.481 e. The van der Waals surface area contributed by atoms with E-state index in [1.807, 2.05) is 0 Å². The van der Waals surface area contributed by atoms with Crippen LogP contribution in [0.1, 0.15) is 40.6 Å². The van der Waals surface area contributed by atoms with E-state index in [2.05, 4.69) is 15.3 Å². The molecule has 230 valence electrons. The van der Waals surface area contributed by atoms with Crippen molar-refractivity contribution < 1.29 is 43.8 Å². The fraction of sp³-hybridized carbons (Fsp3) is 0.300. The van der Waals surface area contributed by atoms with E-state index in [1.54, 1.807) is 49.4 Å². The number of carbonyl (C=O) groups is 5. The normalized spacial score (nSPS) is 13.9. The zero-order chi connectivity index (χ0) is 31.6. The van der Waals surface area contributed by atoms with Crippen LogP contribution in [0.15, 0.2) is 60.7 Å². The number of piperazine rings is 1. The lowest BCUT2D eigenvalue weighted by Crippen LogP contribution is -2.55. The highest BCUT2D eigenvalue weighted by atomic mass is 16.8. The average Bonchev–Trinajstić information content (AvgIpc) is 3.03. The molecule has 0 aliphatic carbocycles. The van der Waals surface area contributed by atoms with E-state index in [0.717, 1.165) is 0 Å². The first-order chi connectivity index (χ1) is 21.1. The molecule has 1 aromatic heterocycles. The fourth-order valence-electron chi connectivity index (χ4n) is 4.47. The second-order valence-electron chi connectivity index (χ2n) is 9.70. The monoisotopic (exact) mass is 605 g/mol. The van der Waals surface area contributed by atoms with Gasteiger partial charge in [-0.1, -0.05) is 42.5 Å². The van der Waals surface area contributed by atoms with Gasteiger partial charge in [-0.3, -0.25) is 14.4 Å². The Morgan fingerprint density at radius 1 is 0.909 bits per heavy atom. The zero-order valence-corrected chi connectivity index (χ0v) is 23.8. The van der Waals surface area contributed by atoms with Crippen molar-refractivity contribution in [2.24, 2.45) is 0 Å². The number of carboxylic acid groups (broad SMARTS) is 2. The number of hydrogen-bond acceptors (Lipinski definition) is 10. The van der Waals surface area contributed by atoms with Crippen LogP contribution in [0, 0.1) is 0 Å². The number of ether oxygens (including phenoxy) is 1. The molecule has 14 nitrogen and oxygen atoms in total. The molecule has 0 unspecified atom stereocenters. The highest BCUT2D eigenvalue weighted by Gasteiger charge is 2.31. The number of rotatable bonds is 11. The first kappa shape index (κ1) is 31.6. The van der Waals surface area contributed by atoms with Crippen LogP contribution in [-0.2, 0) is 19.2 Å². The summed E-state index contributed by atoms with van der Waals surface area (Å²) in [5, 5.41) is 22.7. The van der Waals surface area contributed by atoms with Crippen LogP contribution in [0.4, 0.5) is 4.79 Å². The van der Waals surface area contributed by atoms with E-state index in [0.29, 0.717) is 11.1 Å². The van der Waals surface area contributed by atoms with Gasteiger partial charge in [-0.05, 0) is 31.5 Å². The van der Waals surface area contributed by atoms with Crippen molar-refractivity contribution in [2.75, 3.05) is 32.8 Å². The summed E-state index contributed by atoms with van der Waals surface area (Å²) in [7, 11) is 0. The molecule has 1 fully saturated rings. The maximum atomic E-state index is 13.6. The van der Waals surface area contributed by atoms with E-state index in [9.17, 15) is 34.2 Å². The highest BCUT2D eigenvalue weighted by Crippen LogP contribution is 2.24. The van der Waals surface area contributed by atoms with Crippen LogP contribution in [0.25, 0.3) is 22.6 Å². The van der Waals surface area contributed by atoms with Crippen molar-refractivity contribution >= 4 is 29.9 Å². The number of nitrogens with zero attached hydrogens (tertiary/aromatic N) is 4. The van der Waals surface area contributed by atoms with Crippen molar-refractivity contribution in [3.05, 3.63) is 71.9 Å². The van der Waals surface area contributed by atoms with Gasteiger partial charge in [0.1, 0.15) is 11.7 Å². The molecule has 0 saturated carbocycles. The van der Waals surface area contributed by atoms with E-state index in [4.69, 9.17) is 9.57 Å². The minimum absolute atomic E-state index is 0.0282. The van der Waals surface area contributed by atoms with Gasteiger partial charge in [0.2, 0.25) is 5.91 Å². The van der Waals surface area contributed by atoms with E-state index < -0.39 is 36.0 Å². The molecule has 0 spiro atoms. The van der Waals surface area contributed by atoms with Gasteiger partial charge in [-0.2, -0.15) is 0 Å². The third kappa shape index (κ3) is 8.35.